The van der Waals surface area contributed by atoms with E-state index in [4.69, 9.17) is 4.74 Å². The number of carbonyl (C=O) groups is 1. The van der Waals surface area contributed by atoms with E-state index in [0.29, 0.717) is 0 Å². The molecule has 0 aliphatic heterocycles. The number of hydrogen-bond acceptors (Lipinski definition) is 2. The van der Waals surface area contributed by atoms with Gasteiger partial charge in [0.2, 0.25) is 0 Å². The molecule has 0 spiro atoms. The molecular formula is C33H30O2. The van der Waals surface area contributed by atoms with Gasteiger partial charge in [-0.15, -0.1) is 0 Å². The summed E-state index contributed by atoms with van der Waals surface area (Å²) in [6, 6.07) is 36.4. The quantitative estimate of drug-likeness (QED) is 0.211. The van der Waals surface area contributed by atoms with Gasteiger partial charge in [0, 0.05) is 11.5 Å². The first-order chi connectivity index (χ1) is 17.3. The van der Waals surface area contributed by atoms with Gasteiger partial charge in [0.25, 0.3) is 0 Å². The first-order valence-corrected chi connectivity index (χ1v) is 12.0. The van der Waals surface area contributed by atoms with Gasteiger partial charge < -0.3 is 9.53 Å². The maximum absolute atomic E-state index is 12.0. The third-order valence-electron chi connectivity index (χ3n) is 6.12. The first kappa shape index (κ1) is 24.0. The van der Waals surface area contributed by atoms with Crippen molar-refractivity contribution < 1.29 is 9.53 Å². The maximum atomic E-state index is 12.0. The van der Waals surface area contributed by atoms with E-state index in [1.165, 1.54) is 11.1 Å². The van der Waals surface area contributed by atoms with Crippen molar-refractivity contribution in [1.82, 2.24) is 0 Å². The van der Waals surface area contributed by atoms with E-state index in [2.05, 4.69) is 43.0 Å². The van der Waals surface area contributed by atoms with E-state index in [1.807, 2.05) is 84.9 Å². The Labute approximate surface area is 208 Å². The van der Waals surface area contributed by atoms with Gasteiger partial charge in [-0.05, 0) is 59.7 Å². The third kappa shape index (κ3) is 6.68. The van der Waals surface area contributed by atoms with Crippen LogP contribution in [0.4, 0.5) is 0 Å². The molecule has 2 heteroatoms. The molecule has 0 fully saturated rings. The lowest BCUT2D eigenvalue weighted by atomic mass is 9.90. The number of aldehydes is 1. The molecule has 0 N–H and O–H groups in total. The smallest absolute Gasteiger partial charge is 0.134 e. The van der Waals surface area contributed by atoms with E-state index in [-0.39, 0.29) is 5.92 Å². The van der Waals surface area contributed by atoms with Crippen molar-refractivity contribution in [3.05, 3.63) is 144 Å². The molecule has 4 aromatic carbocycles. The molecule has 0 heterocycles. The Bertz CT molecular complexity index is 1260. The lowest BCUT2D eigenvalue weighted by Gasteiger charge is -2.17. The lowest BCUT2D eigenvalue weighted by Crippen LogP contribution is -2.02. The van der Waals surface area contributed by atoms with Gasteiger partial charge in [-0.3, -0.25) is 0 Å². The van der Waals surface area contributed by atoms with E-state index in [9.17, 15) is 4.79 Å². The fourth-order valence-corrected chi connectivity index (χ4v) is 4.14. The number of allylic oxidation sites excluding steroid dienone is 2. The van der Waals surface area contributed by atoms with Crippen LogP contribution in [0.5, 0.6) is 11.5 Å². The Kier molecular flexibility index (Phi) is 8.45. The largest absolute Gasteiger partial charge is 0.457 e. The summed E-state index contributed by atoms with van der Waals surface area (Å²) in [5.41, 5.74) is 5.61. The van der Waals surface area contributed by atoms with Gasteiger partial charge >= 0.3 is 0 Å². The molecule has 2 nitrogen and oxygen atoms in total. The summed E-state index contributed by atoms with van der Waals surface area (Å²) < 4.78 is 6.27. The average Bonchev–Trinajstić information content (AvgIpc) is 2.92. The van der Waals surface area contributed by atoms with Gasteiger partial charge in [-0.1, -0.05) is 110 Å². The molecule has 4 rings (SSSR count). The predicted molar refractivity (Wildman–Crippen MR) is 146 cm³/mol. The van der Waals surface area contributed by atoms with Crippen molar-refractivity contribution in [2.45, 2.75) is 25.2 Å². The SMILES string of the molecule is C=Cc1ccc(C/C=C(\CC[C@H](C=O)c2ccccc2)c2ccccc2Oc2ccccc2)cc1. The van der Waals surface area contributed by atoms with Crippen molar-refractivity contribution in [3.8, 4) is 11.5 Å². The average molecular weight is 459 g/mol. The van der Waals surface area contributed by atoms with E-state index < -0.39 is 0 Å². The molecule has 35 heavy (non-hydrogen) atoms. The minimum Gasteiger partial charge on any atom is -0.457 e. The van der Waals surface area contributed by atoms with Gasteiger partial charge in [0.1, 0.15) is 17.8 Å². The number of para-hydroxylation sites is 2. The standard InChI is InChI=1S/C33H30O2/c1-2-26-17-19-27(20-18-26)21-22-29(23-24-30(25-34)28-11-5-3-6-12-28)32-15-9-10-16-33(32)35-31-13-7-4-8-14-31/h2-20,22,25,30H,1,21,23-24H2/b29-22+/t30-/m1/s1. The second kappa shape index (κ2) is 12.3. The summed E-state index contributed by atoms with van der Waals surface area (Å²) in [6.45, 7) is 3.84. The van der Waals surface area contributed by atoms with Gasteiger partial charge in [0.05, 0.1) is 0 Å². The molecule has 0 radical (unpaired) electrons. The number of hydrogen-bond donors (Lipinski definition) is 0. The highest BCUT2D eigenvalue weighted by Gasteiger charge is 2.15. The fourth-order valence-electron chi connectivity index (χ4n) is 4.14. The van der Waals surface area contributed by atoms with Crippen LogP contribution >= 0.6 is 0 Å². The monoisotopic (exact) mass is 458 g/mol. The predicted octanol–water partition coefficient (Wildman–Crippen LogP) is 8.51. The van der Waals surface area contributed by atoms with E-state index in [1.54, 1.807) is 0 Å². The second-order valence-electron chi connectivity index (χ2n) is 8.48. The number of benzene rings is 4. The number of carbonyl (C=O) groups excluding carboxylic acids is 1. The number of ether oxygens (including phenoxy) is 1. The summed E-state index contributed by atoms with van der Waals surface area (Å²) in [6.07, 6.45) is 7.47. The zero-order valence-corrected chi connectivity index (χ0v) is 19.8. The summed E-state index contributed by atoms with van der Waals surface area (Å²) in [5, 5.41) is 0. The van der Waals surface area contributed by atoms with Crippen molar-refractivity contribution in [3.63, 3.8) is 0 Å². The van der Waals surface area contributed by atoms with Crippen LogP contribution in [0.25, 0.3) is 11.6 Å². The van der Waals surface area contributed by atoms with Crippen LogP contribution in [0.1, 0.15) is 41.0 Å². The molecule has 0 amide bonds. The highest BCUT2D eigenvalue weighted by Crippen LogP contribution is 2.34. The van der Waals surface area contributed by atoms with Crippen LogP contribution in [0.15, 0.2) is 122 Å². The van der Waals surface area contributed by atoms with Gasteiger partial charge in [-0.25, -0.2) is 0 Å². The van der Waals surface area contributed by atoms with Gasteiger partial charge in [-0.2, -0.15) is 0 Å². The molecule has 0 unspecified atom stereocenters. The molecule has 0 bridgehead atoms. The Morgan fingerprint density at radius 1 is 0.800 bits per heavy atom. The van der Waals surface area contributed by atoms with Crippen molar-refractivity contribution in [2.24, 2.45) is 0 Å². The Hall–Kier alpha value is -4.17. The molecule has 0 aliphatic rings. The van der Waals surface area contributed by atoms with Crippen molar-refractivity contribution in [1.29, 1.82) is 0 Å². The minimum absolute atomic E-state index is 0.145. The Balaban J connectivity index is 1.63. The van der Waals surface area contributed by atoms with Crippen LogP contribution in [0, 0.1) is 0 Å². The molecule has 0 aromatic heterocycles. The minimum atomic E-state index is -0.145. The topological polar surface area (TPSA) is 26.3 Å². The molecule has 1 atom stereocenters. The zero-order valence-electron chi connectivity index (χ0n) is 19.8. The van der Waals surface area contributed by atoms with Crippen LogP contribution in [-0.2, 0) is 11.2 Å². The highest BCUT2D eigenvalue weighted by atomic mass is 16.5. The summed E-state index contributed by atoms with van der Waals surface area (Å²) >= 11 is 0. The molecule has 0 saturated heterocycles. The molecule has 174 valence electrons. The van der Waals surface area contributed by atoms with E-state index >= 15 is 0 Å². The summed E-state index contributed by atoms with van der Waals surface area (Å²) in [5.74, 6) is 1.47. The number of rotatable bonds is 11. The zero-order chi connectivity index (χ0) is 24.3. The second-order valence-corrected chi connectivity index (χ2v) is 8.48. The van der Waals surface area contributed by atoms with Crippen LogP contribution < -0.4 is 4.74 Å². The van der Waals surface area contributed by atoms with Crippen LogP contribution in [-0.4, -0.2) is 6.29 Å². The van der Waals surface area contributed by atoms with Crippen molar-refractivity contribution in [2.75, 3.05) is 0 Å². The van der Waals surface area contributed by atoms with Gasteiger partial charge in [0.15, 0.2) is 0 Å². The molecule has 0 saturated carbocycles. The van der Waals surface area contributed by atoms with Crippen molar-refractivity contribution >= 4 is 17.9 Å². The molecule has 4 aromatic rings. The fraction of sp³-hybridized carbons (Fsp3) is 0.121. The van der Waals surface area contributed by atoms with Crippen LogP contribution in [0.3, 0.4) is 0 Å². The summed E-state index contributed by atoms with van der Waals surface area (Å²) in [7, 11) is 0. The normalized spacial score (nSPS) is 12.1. The Morgan fingerprint density at radius 3 is 2.14 bits per heavy atom. The van der Waals surface area contributed by atoms with E-state index in [0.717, 1.165) is 53.7 Å². The lowest BCUT2D eigenvalue weighted by molar-refractivity contribution is -0.109. The summed E-state index contributed by atoms with van der Waals surface area (Å²) in [4.78, 5) is 12.0. The molecular weight excluding hydrogens is 428 g/mol. The Morgan fingerprint density at radius 2 is 1.46 bits per heavy atom. The third-order valence-corrected chi connectivity index (χ3v) is 6.12. The first-order valence-electron chi connectivity index (χ1n) is 12.0. The maximum Gasteiger partial charge on any atom is 0.134 e. The molecule has 0 aliphatic carbocycles. The highest BCUT2D eigenvalue weighted by molar-refractivity contribution is 5.72. The van der Waals surface area contributed by atoms with Crippen LogP contribution in [0.2, 0.25) is 0 Å².